The number of hydrogen-bond acceptors (Lipinski definition) is 4. The maximum atomic E-state index is 2.65. The third-order valence-corrected chi connectivity index (χ3v) is 27.3. The van der Waals surface area contributed by atoms with Gasteiger partial charge in [-0.25, -0.2) is 0 Å². The molecule has 13 aromatic carbocycles. The van der Waals surface area contributed by atoms with Gasteiger partial charge < -0.3 is 19.6 Å². The third kappa shape index (κ3) is 12.3. The summed E-state index contributed by atoms with van der Waals surface area (Å²) >= 11 is 0. The first-order chi connectivity index (χ1) is 55.6. The van der Waals surface area contributed by atoms with Crippen LogP contribution in [0.4, 0.5) is 68.2 Å². The van der Waals surface area contributed by atoms with Crippen LogP contribution in [0.3, 0.4) is 0 Å². The van der Waals surface area contributed by atoms with Crippen molar-refractivity contribution >= 4 is 114 Å². The average molecular weight is 1540 g/mol. The summed E-state index contributed by atoms with van der Waals surface area (Å²) in [7, 11) is 0. The molecule has 0 aromatic heterocycles. The second-order valence-corrected chi connectivity index (χ2v) is 43.5. The van der Waals surface area contributed by atoms with Crippen molar-refractivity contribution in [3.8, 4) is 22.3 Å². The van der Waals surface area contributed by atoms with Crippen molar-refractivity contribution in [3.05, 3.63) is 333 Å². The van der Waals surface area contributed by atoms with E-state index in [9.17, 15) is 0 Å². The van der Waals surface area contributed by atoms with E-state index in [1.54, 1.807) is 0 Å². The van der Waals surface area contributed by atoms with Crippen molar-refractivity contribution in [2.24, 2.45) is 0 Å². The number of rotatable bonds is 6. The van der Waals surface area contributed by atoms with Gasteiger partial charge in [-0.05, 0) is 273 Å². The zero-order valence-electron chi connectivity index (χ0n) is 74.3. The Balaban J connectivity index is 0.890. The molecule has 6 heteroatoms. The molecular weight excluding hydrogens is 1420 g/mol. The molecule has 0 unspecified atom stereocenters. The fourth-order valence-electron chi connectivity index (χ4n) is 20.6. The zero-order chi connectivity index (χ0) is 83.1. The lowest BCUT2D eigenvalue weighted by Crippen LogP contribution is -2.61. The lowest BCUT2D eigenvalue weighted by molar-refractivity contribution is 0.590. The third-order valence-electron chi connectivity index (χ3n) is 27.3. The van der Waals surface area contributed by atoms with Crippen LogP contribution in [0.15, 0.2) is 255 Å². The molecule has 2 bridgehead atoms. The molecule has 0 saturated carbocycles. The standard InChI is InChI=1S/C112H116B2N4/c1-105(2,3)69-35-47-77(48-36-69)115-91-55-43-73(109(13,14)15)63-87(91)113-88-64-74(110(16,17)18)44-56-92(88)116(78-49-37-70(38-50-78)106(4,5)6)96-60-67(59-95(115)103(96)113)81-31-27-33-85-99-83-29-25-26-30-84(83)102(100(81)85)101-82(32-28-34-86(99)101)68-61-97-104-98(62-68)118(80-53-41-72(42-54-80)108(10,11)12)94-58-46-76(112(22,23)24)66-90(94)114(104)89-65-75(111(19,20)21)45-57-93(89)117(97)79-51-39-71(40-52-79)107(7,8)9/h25-66,99,102H,1-24H3. The van der Waals surface area contributed by atoms with E-state index < -0.39 is 0 Å². The first-order valence-electron chi connectivity index (χ1n) is 43.5. The summed E-state index contributed by atoms with van der Waals surface area (Å²) < 4.78 is 0. The molecule has 0 spiro atoms. The second kappa shape index (κ2) is 26.3. The summed E-state index contributed by atoms with van der Waals surface area (Å²) in [4.78, 5) is 10.6. The molecular formula is C112H116B2N4. The van der Waals surface area contributed by atoms with Crippen LogP contribution < -0.4 is 52.4 Å². The molecule has 4 nitrogen and oxygen atoms in total. The van der Waals surface area contributed by atoms with Crippen molar-refractivity contribution in [2.75, 3.05) is 19.6 Å². The highest BCUT2D eigenvalue weighted by Crippen LogP contribution is 2.62. The van der Waals surface area contributed by atoms with E-state index in [1.807, 2.05) is 0 Å². The van der Waals surface area contributed by atoms with Gasteiger partial charge in [-0.3, -0.25) is 0 Å². The predicted octanol–water partition coefficient (Wildman–Crippen LogP) is 26.6. The highest BCUT2D eigenvalue weighted by atomic mass is 15.2. The molecule has 13 aromatic rings. The second-order valence-electron chi connectivity index (χ2n) is 43.5. The highest BCUT2D eigenvalue weighted by Gasteiger charge is 2.50. The van der Waals surface area contributed by atoms with Gasteiger partial charge in [0.15, 0.2) is 0 Å². The van der Waals surface area contributed by atoms with Gasteiger partial charge in [0.05, 0.1) is 0 Å². The Morgan fingerprint density at radius 2 is 0.424 bits per heavy atom. The normalized spacial score (nSPS) is 15.9. The van der Waals surface area contributed by atoms with Gasteiger partial charge in [0.1, 0.15) is 0 Å². The minimum absolute atomic E-state index is 0.0290. The summed E-state index contributed by atoms with van der Waals surface area (Å²) in [6.07, 6.45) is 0. The number of benzene rings is 13. The quantitative estimate of drug-likeness (QED) is 0.154. The molecule has 0 fully saturated rings. The van der Waals surface area contributed by atoms with Gasteiger partial charge in [0, 0.05) is 80.1 Å². The van der Waals surface area contributed by atoms with E-state index in [-0.39, 0.29) is 68.6 Å². The Morgan fingerprint density at radius 1 is 0.203 bits per heavy atom. The SMILES string of the molecule is CC(C)(C)c1ccc(N2c3ccc(C(C)(C)C)cc3B3c4cc(C(C)(C)C)ccc4N(c4ccc(C(C)(C)C)cc4)c4cc(-c5cccc6c5C5c7ccccc7C6c6cccc(-c7cc8c9c(c7)N(c7ccc(C(C)(C)C)cc7)c7ccc(C(C)(C)C)cc7B9c7cc(C(C)(C)C)ccc7N8c7ccc(C(C)(C)C)cc7)c65)cc2c43)cc1. The zero-order valence-corrected chi connectivity index (χ0v) is 74.3. The summed E-state index contributed by atoms with van der Waals surface area (Å²) in [5.74, 6) is -0.164. The first kappa shape index (κ1) is 77.1. The van der Waals surface area contributed by atoms with E-state index in [0.29, 0.717) is 0 Å². The van der Waals surface area contributed by atoms with Crippen LogP contribution in [-0.4, -0.2) is 13.4 Å². The highest BCUT2D eigenvalue weighted by molar-refractivity contribution is 7.01. The fourth-order valence-corrected chi connectivity index (χ4v) is 20.6. The van der Waals surface area contributed by atoms with Crippen LogP contribution in [0.1, 0.15) is 256 Å². The minimum atomic E-state index is -0.135. The average Bonchev–Trinajstić information content (AvgIpc) is 0.687. The van der Waals surface area contributed by atoms with Crippen LogP contribution in [-0.2, 0) is 43.3 Å². The summed E-state index contributed by atoms with van der Waals surface area (Å²) in [6, 6.07) is 103. The number of nitrogens with zero attached hydrogens (tertiary/aromatic N) is 4. The van der Waals surface area contributed by atoms with Gasteiger partial charge >= 0.3 is 0 Å². The van der Waals surface area contributed by atoms with E-state index in [0.717, 1.165) is 22.7 Å². The van der Waals surface area contributed by atoms with E-state index in [2.05, 4.69) is 441 Å². The van der Waals surface area contributed by atoms with Gasteiger partial charge in [-0.1, -0.05) is 324 Å². The number of fused-ring (bicyclic) bond motifs is 8. The fraction of sp³-hybridized carbons (Fsp3) is 0.304. The van der Waals surface area contributed by atoms with Crippen LogP contribution in [0.5, 0.6) is 0 Å². The molecule has 4 aliphatic heterocycles. The minimum Gasteiger partial charge on any atom is -0.311 e. The molecule has 118 heavy (non-hydrogen) atoms. The Morgan fingerprint density at radius 3 is 0.661 bits per heavy atom. The summed E-state index contributed by atoms with van der Waals surface area (Å²) in [6.45, 7) is 56.3. The molecule has 0 amide bonds. The molecule has 20 rings (SSSR count). The van der Waals surface area contributed by atoms with E-state index in [4.69, 9.17) is 0 Å². The Labute approximate surface area is 705 Å². The van der Waals surface area contributed by atoms with Crippen LogP contribution in [0.25, 0.3) is 22.3 Å². The maximum Gasteiger partial charge on any atom is 0.252 e. The monoisotopic (exact) mass is 1540 g/mol. The lowest BCUT2D eigenvalue weighted by atomic mass is 9.33. The molecule has 7 aliphatic rings. The molecule has 4 heterocycles. The van der Waals surface area contributed by atoms with Crippen molar-refractivity contribution < 1.29 is 0 Å². The maximum absolute atomic E-state index is 2.65. The summed E-state index contributed by atoms with van der Waals surface area (Å²) in [5, 5.41) is 0. The molecule has 0 radical (unpaired) electrons. The molecule has 3 aliphatic carbocycles. The predicted molar refractivity (Wildman–Crippen MR) is 510 cm³/mol. The van der Waals surface area contributed by atoms with Crippen molar-refractivity contribution in [2.45, 2.75) is 221 Å². The first-order valence-corrected chi connectivity index (χ1v) is 43.5. The molecule has 0 N–H and O–H groups in total. The van der Waals surface area contributed by atoms with Gasteiger partial charge in [0.2, 0.25) is 0 Å². The summed E-state index contributed by atoms with van der Waals surface area (Å²) in [5.41, 5.74) is 45.7. The van der Waals surface area contributed by atoms with Crippen LogP contribution in [0, 0.1) is 0 Å². The van der Waals surface area contributed by atoms with Crippen molar-refractivity contribution in [1.29, 1.82) is 0 Å². The van der Waals surface area contributed by atoms with E-state index >= 15 is 0 Å². The Kier molecular flexibility index (Phi) is 17.2. The largest absolute Gasteiger partial charge is 0.311 e. The van der Waals surface area contributed by atoms with Gasteiger partial charge in [-0.15, -0.1) is 0 Å². The smallest absolute Gasteiger partial charge is 0.252 e. The Bertz CT molecular complexity index is 5620. The lowest BCUT2D eigenvalue weighted by Gasteiger charge is -2.46. The topological polar surface area (TPSA) is 13.0 Å². The van der Waals surface area contributed by atoms with Crippen molar-refractivity contribution in [1.82, 2.24) is 0 Å². The van der Waals surface area contributed by atoms with Gasteiger partial charge in [-0.2, -0.15) is 0 Å². The van der Waals surface area contributed by atoms with E-state index in [1.165, 1.54) is 178 Å². The molecule has 590 valence electrons. The molecule has 0 atom stereocenters. The molecule has 0 saturated heterocycles. The van der Waals surface area contributed by atoms with Crippen LogP contribution in [0.2, 0.25) is 0 Å². The number of anilines is 12. The Hall–Kier alpha value is -10.8. The van der Waals surface area contributed by atoms with Crippen molar-refractivity contribution in [3.63, 3.8) is 0 Å². The number of hydrogen-bond donors (Lipinski definition) is 0. The van der Waals surface area contributed by atoms with Gasteiger partial charge in [0.25, 0.3) is 13.4 Å². The van der Waals surface area contributed by atoms with Crippen LogP contribution >= 0.6 is 0 Å².